The van der Waals surface area contributed by atoms with Crippen molar-refractivity contribution < 1.29 is 9.47 Å². The molecule has 0 radical (unpaired) electrons. The van der Waals surface area contributed by atoms with Crippen LogP contribution in [0.1, 0.15) is 80.1 Å². The number of hydrogen-bond donors (Lipinski definition) is 0. The average molecular weight is 440 g/mol. The van der Waals surface area contributed by atoms with Gasteiger partial charge in [0.05, 0.1) is 0 Å². The van der Waals surface area contributed by atoms with Gasteiger partial charge in [-0.1, -0.05) is 57.2 Å². The van der Waals surface area contributed by atoms with E-state index in [0.717, 1.165) is 47.2 Å². The molecule has 0 amide bonds. The summed E-state index contributed by atoms with van der Waals surface area (Å²) in [4.78, 5) is 0. The number of hydrogen-bond acceptors (Lipinski definition) is 2. The summed E-state index contributed by atoms with van der Waals surface area (Å²) in [7, 11) is 0. The van der Waals surface area contributed by atoms with Gasteiger partial charge in [-0.2, -0.15) is 0 Å². The Labute approximate surface area is 159 Å². The molecule has 23 heavy (non-hydrogen) atoms. The molecule has 0 heterocycles. The molecule has 0 rings (SSSR count). The van der Waals surface area contributed by atoms with E-state index in [2.05, 4.69) is 57.2 Å². The van der Waals surface area contributed by atoms with Gasteiger partial charge in [0, 0.05) is 17.1 Å². The number of alkyl halides is 1. The molecule has 0 aromatic heterocycles. The maximum atomic E-state index is 5.45. The van der Waals surface area contributed by atoms with Crippen LogP contribution < -0.4 is 0 Å². The van der Waals surface area contributed by atoms with Crippen LogP contribution in [0.3, 0.4) is 0 Å². The standard InChI is InChI=1S/C20H41IO2/c1-7-22-15-23-10-8-9-16(2)11-17(3)12-18(4)13-19(5)14-20(6)21/h16-20H,7-15H2,1-6H3. The summed E-state index contributed by atoms with van der Waals surface area (Å²) < 4.78 is 11.4. The van der Waals surface area contributed by atoms with Crippen LogP contribution in [0.25, 0.3) is 0 Å². The van der Waals surface area contributed by atoms with Crippen LogP contribution in [0.15, 0.2) is 0 Å². The van der Waals surface area contributed by atoms with Gasteiger partial charge in [-0.05, 0) is 69.1 Å². The second kappa shape index (κ2) is 14.9. The van der Waals surface area contributed by atoms with Crippen molar-refractivity contribution in [3.63, 3.8) is 0 Å². The highest BCUT2D eigenvalue weighted by atomic mass is 127. The summed E-state index contributed by atoms with van der Waals surface area (Å²) in [5, 5.41) is 0. The van der Waals surface area contributed by atoms with Gasteiger partial charge in [0.2, 0.25) is 0 Å². The van der Waals surface area contributed by atoms with Crippen molar-refractivity contribution in [1.29, 1.82) is 0 Å². The van der Waals surface area contributed by atoms with Gasteiger partial charge in [-0.3, -0.25) is 0 Å². The van der Waals surface area contributed by atoms with Gasteiger partial charge in [0.1, 0.15) is 6.79 Å². The van der Waals surface area contributed by atoms with Gasteiger partial charge in [-0.25, -0.2) is 0 Å². The lowest BCUT2D eigenvalue weighted by molar-refractivity contribution is -0.0508. The molecule has 0 aliphatic rings. The third kappa shape index (κ3) is 15.9. The lowest BCUT2D eigenvalue weighted by atomic mass is 9.84. The number of ether oxygens (including phenoxy) is 2. The van der Waals surface area contributed by atoms with Gasteiger partial charge < -0.3 is 9.47 Å². The van der Waals surface area contributed by atoms with Gasteiger partial charge in [0.25, 0.3) is 0 Å². The fourth-order valence-corrected chi connectivity index (χ4v) is 4.62. The van der Waals surface area contributed by atoms with E-state index in [0.29, 0.717) is 6.79 Å². The molecular weight excluding hydrogens is 399 g/mol. The van der Waals surface area contributed by atoms with Crippen molar-refractivity contribution >= 4 is 22.6 Å². The van der Waals surface area contributed by atoms with Crippen LogP contribution >= 0.6 is 22.6 Å². The summed E-state index contributed by atoms with van der Waals surface area (Å²) in [6.07, 6.45) is 7.90. The Kier molecular flexibility index (Phi) is 15.4. The molecule has 0 aliphatic carbocycles. The topological polar surface area (TPSA) is 18.5 Å². The lowest BCUT2D eigenvalue weighted by Gasteiger charge is -2.23. The van der Waals surface area contributed by atoms with Crippen molar-refractivity contribution in [3.05, 3.63) is 0 Å². The molecule has 0 bridgehead atoms. The summed E-state index contributed by atoms with van der Waals surface area (Å²) in [6, 6.07) is 0. The molecule has 5 atom stereocenters. The van der Waals surface area contributed by atoms with E-state index in [1.807, 2.05) is 6.92 Å². The van der Waals surface area contributed by atoms with Crippen molar-refractivity contribution in [2.75, 3.05) is 20.0 Å². The number of halogens is 1. The fourth-order valence-electron chi connectivity index (χ4n) is 3.76. The van der Waals surface area contributed by atoms with Crippen molar-refractivity contribution in [3.8, 4) is 0 Å². The second-order valence-corrected chi connectivity index (χ2v) is 9.93. The molecule has 0 saturated heterocycles. The predicted molar refractivity (Wildman–Crippen MR) is 110 cm³/mol. The molecule has 0 aliphatic heterocycles. The van der Waals surface area contributed by atoms with Crippen molar-refractivity contribution in [2.24, 2.45) is 23.7 Å². The van der Waals surface area contributed by atoms with Gasteiger partial charge >= 0.3 is 0 Å². The third-order valence-corrected chi connectivity index (χ3v) is 5.01. The molecule has 0 N–H and O–H groups in total. The predicted octanol–water partition coefficient (Wildman–Crippen LogP) is 6.71. The van der Waals surface area contributed by atoms with Gasteiger partial charge in [0.15, 0.2) is 0 Å². The third-order valence-electron chi connectivity index (χ3n) is 4.50. The van der Waals surface area contributed by atoms with E-state index in [-0.39, 0.29) is 0 Å². The molecule has 3 heteroatoms. The second-order valence-electron chi connectivity index (χ2n) is 7.81. The molecule has 0 aromatic carbocycles. The Morgan fingerprint density at radius 2 is 1.26 bits per heavy atom. The first-order chi connectivity index (χ1) is 10.8. The molecule has 0 aromatic rings. The fraction of sp³-hybridized carbons (Fsp3) is 1.00. The zero-order chi connectivity index (χ0) is 17.7. The van der Waals surface area contributed by atoms with Crippen molar-refractivity contribution in [1.82, 2.24) is 0 Å². The largest absolute Gasteiger partial charge is 0.356 e. The van der Waals surface area contributed by atoms with Crippen molar-refractivity contribution in [2.45, 2.75) is 84.0 Å². The SMILES string of the molecule is CCOCOCCCC(C)CC(C)CC(C)CC(C)CC(C)I. The van der Waals surface area contributed by atoms with E-state index in [1.165, 1.54) is 32.1 Å². The van der Waals surface area contributed by atoms with E-state index in [4.69, 9.17) is 9.47 Å². The molecular formula is C20H41IO2. The highest BCUT2D eigenvalue weighted by molar-refractivity contribution is 14.1. The van der Waals surface area contributed by atoms with E-state index < -0.39 is 0 Å². The maximum Gasteiger partial charge on any atom is 0.146 e. The van der Waals surface area contributed by atoms with Crippen LogP contribution in [0.2, 0.25) is 0 Å². The summed E-state index contributed by atoms with van der Waals surface area (Å²) in [6.45, 7) is 16.0. The highest BCUT2D eigenvalue weighted by Crippen LogP contribution is 2.27. The molecule has 140 valence electrons. The van der Waals surface area contributed by atoms with E-state index in [1.54, 1.807) is 0 Å². The minimum Gasteiger partial charge on any atom is -0.356 e. The lowest BCUT2D eigenvalue weighted by Crippen LogP contribution is -2.12. The van der Waals surface area contributed by atoms with E-state index >= 15 is 0 Å². The zero-order valence-corrected chi connectivity index (χ0v) is 18.6. The Morgan fingerprint density at radius 1 is 0.739 bits per heavy atom. The minimum atomic E-state index is 0.451. The summed E-state index contributed by atoms with van der Waals surface area (Å²) in [5.74, 6) is 3.37. The normalized spacial score (nSPS) is 18.4. The molecule has 0 saturated carbocycles. The van der Waals surface area contributed by atoms with Crippen LogP contribution in [0.4, 0.5) is 0 Å². The Hall–Kier alpha value is 0.650. The Morgan fingerprint density at radius 3 is 1.78 bits per heavy atom. The Balaban J connectivity index is 3.71. The van der Waals surface area contributed by atoms with E-state index in [9.17, 15) is 0 Å². The van der Waals surface area contributed by atoms with Crippen LogP contribution in [-0.2, 0) is 9.47 Å². The molecule has 0 fully saturated rings. The van der Waals surface area contributed by atoms with Crippen LogP contribution in [0, 0.1) is 23.7 Å². The smallest absolute Gasteiger partial charge is 0.146 e. The average Bonchev–Trinajstić information content (AvgIpc) is 2.40. The molecule has 5 unspecified atom stereocenters. The number of rotatable bonds is 15. The first-order valence-corrected chi connectivity index (χ1v) is 10.9. The van der Waals surface area contributed by atoms with Crippen LogP contribution in [-0.4, -0.2) is 23.9 Å². The summed E-state index contributed by atoms with van der Waals surface area (Å²) >= 11 is 2.55. The van der Waals surface area contributed by atoms with Crippen LogP contribution in [0.5, 0.6) is 0 Å². The molecule has 2 nitrogen and oxygen atoms in total. The minimum absolute atomic E-state index is 0.451. The monoisotopic (exact) mass is 440 g/mol. The first-order valence-electron chi connectivity index (χ1n) is 9.64. The molecule has 0 spiro atoms. The quantitative estimate of drug-likeness (QED) is 0.122. The van der Waals surface area contributed by atoms with Gasteiger partial charge in [-0.15, -0.1) is 0 Å². The highest BCUT2D eigenvalue weighted by Gasteiger charge is 2.15. The Bertz CT molecular complexity index is 258. The summed E-state index contributed by atoms with van der Waals surface area (Å²) in [5.41, 5.74) is 0. The maximum absolute atomic E-state index is 5.45. The zero-order valence-electron chi connectivity index (χ0n) is 16.4. The first kappa shape index (κ1) is 23.6.